The van der Waals surface area contributed by atoms with Crippen molar-refractivity contribution < 1.29 is 14.6 Å². The van der Waals surface area contributed by atoms with Crippen LogP contribution in [-0.4, -0.2) is 36.4 Å². The highest BCUT2D eigenvalue weighted by molar-refractivity contribution is 5.75. The van der Waals surface area contributed by atoms with Crippen LogP contribution in [-0.2, 0) is 9.53 Å². The maximum absolute atomic E-state index is 11.6. The van der Waals surface area contributed by atoms with E-state index >= 15 is 0 Å². The average molecular weight is 229 g/mol. The van der Waals surface area contributed by atoms with Crippen molar-refractivity contribution in [3.05, 3.63) is 0 Å². The Morgan fingerprint density at radius 1 is 1.31 bits per heavy atom. The van der Waals surface area contributed by atoms with Gasteiger partial charge in [-0.15, -0.1) is 0 Å². The Morgan fingerprint density at radius 2 is 1.88 bits per heavy atom. The molecule has 1 saturated carbocycles. The Morgan fingerprint density at radius 3 is 2.31 bits per heavy atom. The predicted molar refractivity (Wildman–Crippen MR) is 62.0 cm³/mol. The number of aliphatic hydroxyl groups is 1. The van der Waals surface area contributed by atoms with E-state index in [0.717, 1.165) is 25.7 Å². The minimum atomic E-state index is -0.231. The van der Waals surface area contributed by atoms with Crippen molar-refractivity contribution in [1.29, 1.82) is 0 Å². The molecule has 0 aromatic rings. The number of rotatable bonds is 4. The number of methoxy groups -OCH3 is 1. The molecule has 0 spiro atoms. The van der Waals surface area contributed by atoms with Crippen LogP contribution < -0.4 is 5.32 Å². The quantitative estimate of drug-likeness (QED) is 0.708. The molecule has 0 aliphatic heterocycles. The van der Waals surface area contributed by atoms with Crippen LogP contribution in [0.1, 0.15) is 39.5 Å². The van der Waals surface area contributed by atoms with Crippen molar-refractivity contribution in [3.63, 3.8) is 0 Å². The third-order valence-corrected chi connectivity index (χ3v) is 3.23. The van der Waals surface area contributed by atoms with Crippen molar-refractivity contribution in [1.82, 2.24) is 5.32 Å². The number of hydrogen-bond donors (Lipinski definition) is 2. The third kappa shape index (κ3) is 3.76. The smallest absolute Gasteiger partial charge is 0.323 e. The van der Waals surface area contributed by atoms with Crippen LogP contribution in [0.25, 0.3) is 0 Å². The lowest BCUT2D eigenvalue weighted by atomic mass is 9.91. The molecule has 0 amide bonds. The molecule has 0 bridgehead atoms. The van der Waals surface area contributed by atoms with Crippen LogP contribution in [0, 0.1) is 5.92 Å². The second-order valence-electron chi connectivity index (χ2n) is 4.92. The van der Waals surface area contributed by atoms with Gasteiger partial charge in [0.05, 0.1) is 13.2 Å². The summed E-state index contributed by atoms with van der Waals surface area (Å²) < 4.78 is 4.79. The number of aliphatic hydroxyl groups excluding tert-OH is 1. The van der Waals surface area contributed by atoms with Crippen LogP contribution in [0.3, 0.4) is 0 Å². The second-order valence-corrected chi connectivity index (χ2v) is 4.92. The summed E-state index contributed by atoms with van der Waals surface area (Å²) in [7, 11) is 1.42. The molecule has 1 rings (SSSR count). The van der Waals surface area contributed by atoms with Gasteiger partial charge in [-0.05, 0) is 31.6 Å². The molecule has 4 heteroatoms. The summed E-state index contributed by atoms with van der Waals surface area (Å²) in [6, 6.07) is 0.0974. The Kier molecular flexibility index (Phi) is 5.22. The first-order valence-corrected chi connectivity index (χ1v) is 6.06. The molecule has 1 atom stereocenters. The zero-order valence-corrected chi connectivity index (χ0v) is 10.4. The molecule has 1 fully saturated rings. The predicted octanol–water partition coefficient (Wildman–Crippen LogP) is 1.08. The zero-order chi connectivity index (χ0) is 12.1. The van der Waals surface area contributed by atoms with Gasteiger partial charge < -0.3 is 15.2 Å². The zero-order valence-electron chi connectivity index (χ0n) is 10.4. The summed E-state index contributed by atoms with van der Waals surface area (Å²) in [5.41, 5.74) is 0. The molecule has 94 valence electrons. The Bertz CT molecular complexity index is 222. The van der Waals surface area contributed by atoms with E-state index < -0.39 is 0 Å². The molecular formula is C12H23NO3. The molecule has 1 aliphatic rings. The maximum atomic E-state index is 11.6. The molecule has 4 nitrogen and oxygen atoms in total. The highest BCUT2D eigenvalue weighted by atomic mass is 16.5. The summed E-state index contributed by atoms with van der Waals surface area (Å²) in [6.45, 7) is 4.01. The van der Waals surface area contributed by atoms with Gasteiger partial charge in [0.25, 0.3) is 0 Å². The number of esters is 1. The molecule has 1 unspecified atom stereocenters. The van der Waals surface area contributed by atoms with Crippen LogP contribution in [0.2, 0.25) is 0 Å². The van der Waals surface area contributed by atoms with Crippen LogP contribution in [0.5, 0.6) is 0 Å². The first-order valence-electron chi connectivity index (χ1n) is 6.06. The van der Waals surface area contributed by atoms with E-state index in [1.807, 2.05) is 13.8 Å². The van der Waals surface area contributed by atoms with Crippen molar-refractivity contribution in [3.8, 4) is 0 Å². The first kappa shape index (κ1) is 13.5. The van der Waals surface area contributed by atoms with E-state index in [9.17, 15) is 9.90 Å². The van der Waals surface area contributed by atoms with Crippen LogP contribution in [0.4, 0.5) is 0 Å². The van der Waals surface area contributed by atoms with Gasteiger partial charge in [-0.3, -0.25) is 4.79 Å². The van der Waals surface area contributed by atoms with Crippen molar-refractivity contribution in [2.24, 2.45) is 5.92 Å². The summed E-state index contributed by atoms with van der Waals surface area (Å²) in [6.07, 6.45) is 3.35. The van der Waals surface area contributed by atoms with Gasteiger partial charge in [0.2, 0.25) is 0 Å². The standard InChI is InChI=1S/C12H23NO3/c1-8(2)11(12(15)16-3)13-9-4-6-10(14)7-5-9/h8-11,13-14H,4-7H2,1-3H3. The summed E-state index contributed by atoms with van der Waals surface area (Å²) >= 11 is 0. The Hall–Kier alpha value is -0.610. The highest BCUT2D eigenvalue weighted by Crippen LogP contribution is 2.19. The topological polar surface area (TPSA) is 58.6 Å². The van der Waals surface area contributed by atoms with Gasteiger partial charge in [0.1, 0.15) is 6.04 Å². The minimum absolute atomic E-state index is 0.159. The van der Waals surface area contributed by atoms with Gasteiger partial charge >= 0.3 is 5.97 Å². The fourth-order valence-electron chi connectivity index (χ4n) is 2.16. The van der Waals surface area contributed by atoms with E-state index in [1.54, 1.807) is 0 Å². The van der Waals surface area contributed by atoms with E-state index in [-0.39, 0.29) is 24.0 Å². The van der Waals surface area contributed by atoms with Gasteiger partial charge in [0.15, 0.2) is 0 Å². The number of nitrogens with one attached hydrogen (secondary N) is 1. The molecule has 16 heavy (non-hydrogen) atoms. The fourth-order valence-corrected chi connectivity index (χ4v) is 2.16. The number of hydrogen-bond acceptors (Lipinski definition) is 4. The van der Waals surface area contributed by atoms with E-state index in [0.29, 0.717) is 6.04 Å². The summed E-state index contributed by atoms with van der Waals surface area (Å²) in [5, 5.41) is 12.7. The lowest BCUT2D eigenvalue weighted by Crippen LogP contribution is -2.48. The van der Waals surface area contributed by atoms with Gasteiger partial charge in [-0.1, -0.05) is 13.8 Å². The van der Waals surface area contributed by atoms with E-state index in [2.05, 4.69) is 5.32 Å². The summed E-state index contributed by atoms with van der Waals surface area (Å²) in [4.78, 5) is 11.6. The Labute approximate surface area is 97.4 Å². The maximum Gasteiger partial charge on any atom is 0.323 e. The Balaban J connectivity index is 2.45. The molecule has 0 heterocycles. The van der Waals surface area contributed by atoms with Crippen LogP contribution in [0.15, 0.2) is 0 Å². The number of carbonyl (C=O) groups excluding carboxylic acids is 1. The van der Waals surface area contributed by atoms with Gasteiger partial charge in [-0.25, -0.2) is 0 Å². The van der Waals surface area contributed by atoms with Gasteiger partial charge in [0, 0.05) is 6.04 Å². The molecule has 0 aromatic heterocycles. The van der Waals surface area contributed by atoms with E-state index in [4.69, 9.17) is 4.74 Å². The molecule has 0 radical (unpaired) electrons. The van der Waals surface area contributed by atoms with Crippen molar-refractivity contribution in [2.45, 2.75) is 57.7 Å². The summed E-state index contributed by atoms with van der Waals surface area (Å²) in [5.74, 6) is 0.0282. The van der Waals surface area contributed by atoms with Crippen molar-refractivity contribution in [2.75, 3.05) is 7.11 Å². The second kappa shape index (κ2) is 6.21. The molecule has 2 N–H and O–H groups in total. The van der Waals surface area contributed by atoms with Crippen molar-refractivity contribution >= 4 is 5.97 Å². The lowest BCUT2D eigenvalue weighted by molar-refractivity contribution is -0.144. The normalized spacial score (nSPS) is 27.8. The van der Waals surface area contributed by atoms with E-state index in [1.165, 1.54) is 7.11 Å². The number of carbonyl (C=O) groups is 1. The first-order chi connectivity index (χ1) is 7.54. The molecule has 0 aromatic carbocycles. The minimum Gasteiger partial charge on any atom is -0.468 e. The fraction of sp³-hybridized carbons (Fsp3) is 0.917. The SMILES string of the molecule is COC(=O)C(NC1CCC(O)CC1)C(C)C. The van der Waals surface area contributed by atoms with Gasteiger partial charge in [-0.2, -0.15) is 0 Å². The monoisotopic (exact) mass is 229 g/mol. The number of ether oxygens (including phenoxy) is 1. The third-order valence-electron chi connectivity index (χ3n) is 3.23. The largest absolute Gasteiger partial charge is 0.468 e. The molecule has 0 saturated heterocycles. The average Bonchev–Trinajstić information content (AvgIpc) is 2.27. The lowest BCUT2D eigenvalue weighted by Gasteiger charge is -2.30. The molecule has 1 aliphatic carbocycles. The molecular weight excluding hydrogens is 206 g/mol. The highest BCUT2D eigenvalue weighted by Gasteiger charge is 2.28. The van der Waals surface area contributed by atoms with Crippen LogP contribution >= 0.6 is 0 Å².